The van der Waals surface area contributed by atoms with Crippen molar-refractivity contribution in [2.24, 2.45) is 0 Å². The first kappa shape index (κ1) is 16.8. The van der Waals surface area contributed by atoms with E-state index in [9.17, 15) is 9.59 Å². The van der Waals surface area contributed by atoms with Crippen LogP contribution in [0.4, 0.5) is 4.79 Å². The number of carbonyl (C=O) groups excluding carboxylic acids is 1. The summed E-state index contributed by atoms with van der Waals surface area (Å²) in [6.07, 6.45) is 5.41. The Labute approximate surface area is 120 Å². The summed E-state index contributed by atoms with van der Waals surface area (Å²) in [7, 11) is 0. The number of nitrogens with zero attached hydrogens (tertiary/aromatic N) is 1. The summed E-state index contributed by atoms with van der Waals surface area (Å²) >= 11 is 0. The molecular weight excluding hydrogens is 258 g/mol. The van der Waals surface area contributed by atoms with Crippen LogP contribution in [0.15, 0.2) is 0 Å². The Morgan fingerprint density at radius 1 is 1.30 bits per heavy atom. The summed E-state index contributed by atoms with van der Waals surface area (Å²) in [4.78, 5) is 23.1. The Morgan fingerprint density at radius 2 is 1.90 bits per heavy atom. The van der Waals surface area contributed by atoms with Gasteiger partial charge in [0.25, 0.3) is 0 Å². The molecule has 3 N–H and O–H groups in total. The van der Waals surface area contributed by atoms with Gasteiger partial charge in [-0.3, -0.25) is 5.43 Å². The molecule has 6 nitrogen and oxygen atoms in total. The number of hydrogen-bond donors (Lipinski definition) is 3. The summed E-state index contributed by atoms with van der Waals surface area (Å²) in [6.45, 7) is 6.14. The van der Waals surface area contributed by atoms with Gasteiger partial charge in [-0.25, -0.2) is 14.6 Å². The van der Waals surface area contributed by atoms with Gasteiger partial charge >= 0.3 is 12.0 Å². The lowest BCUT2D eigenvalue weighted by Gasteiger charge is -2.38. The quantitative estimate of drug-likeness (QED) is 0.698. The molecule has 0 aromatic rings. The van der Waals surface area contributed by atoms with Crippen molar-refractivity contribution in [2.75, 3.05) is 0 Å². The molecule has 0 aromatic heterocycles. The predicted octanol–water partition coefficient (Wildman–Crippen LogP) is 2.11. The zero-order valence-corrected chi connectivity index (χ0v) is 12.7. The number of carboxylic acids is 1. The van der Waals surface area contributed by atoms with Crippen molar-refractivity contribution in [3.63, 3.8) is 0 Å². The molecule has 1 heterocycles. The molecule has 116 valence electrons. The van der Waals surface area contributed by atoms with E-state index in [1.54, 1.807) is 0 Å². The third-order valence-electron chi connectivity index (χ3n) is 3.87. The van der Waals surface area contributed by atoms with Crippen LogP contribution >= 0.6 is 0 Å². The van der Waals surface area contributed by atoms with E-state index in [-0.39, 0.29) is 12.1 Å². The highest BCUT2D eigenvalue weighted by atomic mass is 16.4. The number of amides is 2. The smallest absolute Gasteiger partial charge is 0.330 e. The molecule has 0 spiro atoms. The van der Waals surface area contributed by atoms with Crippen molar-refractivity contribution < 1.29 is 14.7 Å². The zero-order valence-electron chi connectivity index (χ0n) is 12.7. The Morgan fingerprint density at radius 3 is 2.40 bits per heavy atom. The average molecular weight is 285 g/mol. The highest BCUT2D eigenvalue weighted by molar-refractivity contribution is 5.82. The molecule has 0 aliphatic carbocycles. The highest BCUT2D eigenvalue weighted by Crippen LogP contribution is 2.20. The van der Waals surface area contributed by atoms with Crippen LogP contribution in [0, 0.1) is 0 Å². The molecule has 3 unspecified atom stereocenters. The topological polar surface area (TPSA) is 81.7 Å². The second-order valence-corrected chi connectivity index (χ2v) is 5.65. The third kappa shape index (κ3) is 5.00. The van der Waals surface area contributed by atoms with Gasteiger partial charge in [0, 0.05) is 12.1 Å². The first-order valence-corrected chi connectivity index (χ1v) is 7.54. The summed E-state index contributed by atoms with van der Waals surface area (Å²) in [5.41, 5.74) is 2.80. The highest BCUT2D eigenvalue weighted by Gasteiger charge is 2.27. The lowest BCUT2D eigenvalue weighted by molar-refractivity contribution is -0.139. The van der Waals surface area contributed by atoms with E-state index in [0.717, 1.165) is 32.1 Å². The maximum atomic E-state index is 12.0. The van der Waals surface area contributed by atoms with Crippen molar-refractivity contribution in [3.8, 4) is 0 Å². The molecule has 1 saturated heterocycles. The minimum Gasteiger partial charge on any atom is -0.480 e. The van der Waals surface area contributed by atoms with Gasteiger partial charge in [0.2, 0.25) is 0 Å². The van der Waals surface area contributed by atoms with Crippen LogP contribution in [0.1, 0.15) is 59.3 Å². The molecule has 20 heavy (non-hydrogen) atoms. The van der Waals surface area contributed by atoms with Gasteiger partial charge in [-0.05, 0) is 33.1 Å². The number of rotatable bonds is 6. The van der Waals surface area contributed by atoms with Gasteiger partial charge in [0.1, 0.15) is 6.04 Å². The molecule has 0 saturated carbocycles. The van der Waals surface area contributed by atoms with Crippen LogP contribution < -0.4 is 10.7 Å². The van der Waals surface area contributed by atoms with Crippen molar-refractivity contribution in [1.82, 2.24) is 15.8 Å². The standard InChI is InChI=1S/C14H27N3O3/c1-4-5-9-12(13(18)19)15-14(20)16-17-10(2)7-6-8-11(17)3/h10-12H,4-9H2,1-3H3,(H,18,19)(H2,15,16,20). The van der Waals surface area contributed by atoms with Crippen molar-refractivity contribution in [3.05, 3.63) is 0 Å². The van der Waals surface area contributed by atoms with E-state index in [0.29, 0.717) is 6.42 Å². The maximum absolute atomic E-state index is 12.0. The normalized spacial score (nSPS) is 24.9. The fourth-order valence-electron chi connectivity index (χ4n) is 2.62. The Bertz CT molecular complexity index is 326. The van der Waals surface area contributed by atoms with Crippen molar-refractivity contribution >= 4 is 12.0 Å². The van der Waals surface area contributed by atoms with Crippen molar-refractivity contribution in [1.29, 1.82) is 0 Å². The van der Waals surface area contributed by atoms with Gasteiger partial charge in [0.05, 0.1) is 0 Å². The molecule has 2 amide bonds. The zero-order chi connectivity index (χ0) is 15.1. The predicted molar refractivity (Wildman–Crippen MR) is 77.2 cm³/mol. The second kappa shape index (κ2) is 8.09. The number of carbonyl (C=O) groups is 2. The Balaban J connectivity index is 2.49. The minimum atomic E-state index is -0.978. The SMILES string of the molecule is CCCCC(NC(=O)NN1C(C)CCCC1C)C(=O)O. The molecule has 3 atom stereocenters. The number of hydrazine groups is 1. The minimum absolute atomic E-state index is 0.281. The number of unbranched alkanes of at least 4 members (excludes halogenated alkanes) is 1. The van der Waals surface area contributed by atoms with E-state index in [1.807, 2.05) is 11.9 Å². The van der Waals surface area contributed by atoms with Crippen LogP contribution in [0.25, 0.3) is 0 Å². The molecule has 1 fully saturated rings. The number of piperidine rings is 1. The number of nitrogens with one attached hydrogen (secondary N) is 2. The van der Waals surface area contributed by atoms with Crippen LogP contribution in [-0.2, 0) is 4.79 Å². The van der Waals surface area contributed by atoms with Crippen LogP contribution in [0.3, 0.4) is 0 Å². The van der Waals surface area contributed by atoms with E-state index in [2.05, 4.69) is 24.6 Å². The number of aliphatic carboxylic acids is 1. The Hall–Kier alpha value is -1.30. The second-order valence-electron chi connectivity index (χ2n) is 5.65. The fraction of sp³-hybridized carbons (Fsp3) is 0.857. The lowest BCUT2D eigenvalue weighted by atomic mass is 10.00. The number of carboxylic acid groups (broad SMARTS) is 1. The van der Waals surface area contributed by atoms with Crippen LogP contribution in [0.2, 0.25) is 0 Å². The van der Waals surface area contributed by atoms with Gasteiger partial charge in [0.15, 0.2) is 0 Å². The molecule has 1 aliphatic heterocycles. The Kier molecular flexibility index (Phi) is 6.78. The fourth-order valence-corrected chi connectivity index (χ4v) is 2.62. The number of hydrogen-bond acceptors (Lipinski definition) is 3. The first-order chi connectivity index (χ1) is 9.45. The molecular formula is C14H27N3O3. The van der Waals surface area contributed by atoms with Gasteiger partial charge < -0.3 is 10.4 Å². The van der Waals surface area contributed by atoms with E-state index < -0.39 is 18.0 Å². The van der Waals surface area contributed by atoms with Gasteiger partial charge in [-0.15, -0.1) is 0 Å². The van der Waals surface area contributed by atoms with Crippen LogP contribution in [-0.4, -0.2) is 40.2 Å². The molecule has 6 heteroatoms. The van der Waals surface area contributed by atoms with Gasteiger partial charge in [-0.1, -0.05) is 26.2 Å². The third-order valence-corrected chi connectivity index (χ3v) is 3.87. The molecule has 1 aliphatic rings. The average Bonchev–Trinajstić information content (AvgIpc) is 2.38. The maximum Gasteiger partial charge on any atom is 0.330 e. The summed E-state index contributed by atoms with van der Waals surface area (Å²) in [5.74, 6) is -0.978. The molecule has 0 bridgehead atoms. The summed E-state index contributed by atoms with van der Waals surface area (Å²) in [6, 6.07) is -0.675. The number of urea groups is 1. The van der Waals surface area contributed by atoms with Crippen molar-refractivity contribution in [2.45, 2.75) is 77.4 Å². The molecule has 1 rings (SSSR count). The molecule has 0 aromatic carbocycles. The van der Waals surface area contributed by atoms with Crippen LogP contribution in [0.5, 0.6) is 0 Å². The van der Waals surface area contributed by atoms with Gasteiger partial charge in [-0.2, -0.15) is 0 Å². The summed E-state index contributed by atoms with van der Waals surface area (Å²) in [5, 5.41) is 13.6. The monoisotopic (exact) mass is 285 g/mol. The van der Waals surface area contributed by atoms with E-state index >= 15 is 0 Å². The molecule has 0 radical (unpaired) electrons. The van der Waals surface area contributed by atoms with E-state index in [4.69, 9.17) is 5.11 Å². The largest absolute Gasteiger partial charge is 0.480 e. The lowest BCUT2D eigenvalue weighted by Crippen LogP contribution is -2.58. The summed E-state index contributed by atoms with van der Waals surface area (Å²) < 4.78 is 0. The first-order valence-electron chi connectivity index (χ1n) is 7.54. The van der Waals surface area contributed by atoms with E-state index in [1.165, 1.54) is 0 Å².